The van der Waals surface area contributed by atoms with E-state index in [1.54, 1.807) is 0 Å². The average Bonchev–Trinajstić information content (AvgIpc) is 2.88. The van der Waals surface area contributed by atoms with Gasteiger partial charge in [0, 0.05) is 7.11 Å². The van der Waals surface area contributed by atoms with Crippen LogP contribution in [0, 0.1) is 0 Å². The molecule has 2 rings (SSSR count). The van der Waals surface area contributed by atoms with Crippen LogP contribution in [0.25, 0.3) is 11.2 Å². The number of nitrogens with one attached hydrogen (secondary N) is 1. The molecule has 128 valence electrons. The van der Waals surface area contributed by atoms with Gasteiger partial charge in [-0.05, 0) is 6.92 Å². The molecule has 11 heteroatoms. The van der Waals surface area contributed by atoms with Crippen molar-refractivity contribution < 1.29 is 24.4 Å². The molecule has 10 nitrogen and oxygen atoms in total. The van der Waals surface area contributed by atoms with Crippen LogP contribution in [0.2, 0.25) is 0 Å². The number of alkyl halides is 1. The van der Waals surface area contributed by atoms with Gasteiger partial charge >= 0.3 is 0 Å². The molecule has 0 aliphatic carbocycles. The number of aliphatic hydroxyl groups is 3. The second kappa shape index (κ2) is 5.85. The number of hydrogen-bond donors (Lipinski definition) is 5. The average molecular weight is 331 g/mol. The van der Waals surface area contributed by atoms with Gasteiger partial charge in [-0.1, -0.05) is 0 Å². The lowest BCUT2D eigenvalue weighted by Gasteiger charge is -2.37. The van der Waals surface area contributed by atoms with Crippen molar-refractivity contribution in [2.45, 2.75) is 31.0 Å². The van der Waals surface area contributed by atoms with E-state index in [1.807, 2.05) is 0 Å². The van der Waals surface area contributed by atoms with Crippen LogP contribution in [-0.4, -0.2) is 66.1 Å². The SMILES string of the molecule is CO[C@](F)(CO)[C@@H](O)[C@@](C)(O)Cn1cnc2c(=O)[nH]c(N)nc21. The molecule has 0 aliphatic heterocycles. The van der Waals surface area contributed by atoms with Crippen molar-refractivity contribution in [1.29, 1.82) is 0 Å². The summed E-state index contributed by atoms with van der Waals surface area (Å²) in [5, 5.41) is 29.4. The zero-order valence-corrected chi connectivity index (χ0v) is 12.5. The highest BCUT2D eigenvalue weighted by Crippen LogP contribution is 2.27. The molecule has 0 bridgehead atoms. The maximum atomic E-state index is 14.2. The Kier molecular flexibility index (Phi) is 4.39. The maximum absolute atomic E-state index is 14.2. The number of rotatable bonds is 6. The summed E-state index contributed by atoms with van der Waals surface area (Å²) in [4.78, 5) is 21.7. The van der Waals surface area contributed by atoms with Crippen LogP contribution in [0.4, 0.5) is 10.3 Å². The first-order valence-electron chi connectivity index (χ1n) is 6.60. The lowest BCUT2D eigenvalue weighted by atomic mass is 9.93. The zero-order valence-electron chi connectivity index (χ0n) is 12.5. The summed E-state index contributed by atoms with van der Waals surface area (Å²) in [5.41, 5.74) is 2.85. The number of nitrogens with two attached hydrogens (primary N) is 1. The van der Waals surface area contributed by atoms with Gasteiger partial charge in [-0.2, -0.15) is 4.98 Å². The molecule has 2 aromatic rings. The lowest BCUT2D eigenvalue weighted by Crippen LogP contribution is -2.57. The van der Waals surface area contributed by atoms with Crippen LogP contribution < -0.4 is 11.3 Å². The Morgan fingerprint density at radius 2 is 2.26 bits per heavy atom. The Morgan fingerprint density at radius 1 is 1.61 bits per heavy atom. The molecule has 0 aromatic carbocycles. The molecule has 2 aromatic heterocycles. The number of nitrogens with zero attached hydrogens (tertiary/aromatic N) is 3. The smallest absolute Gasteiger partial charge is 0.280 e. The molecule has 0 saturated carbocycles. The number of aromatic amines is 1. The summed E-state index contributed by atoms with van der Waals surface area (Å²) >= 11 is 0. The fourth-order valence-electron chi connectivity index (χ4n) is 2.24. The Labute approximate surface area is 129 Å². The van der Waals surface area contributed by atoms with E-state index >= 15 is 0 Å². The predicted molar refractivity (Wildman–Crippen MR) is 77.1 cm³/mol. The van der Waals surface area contributed by atoms with Crippen molar-refractivity contribution >= 4 is 17.1 Å². The number of methoxy groups -OCH3 is 1. The van der Waals surface area contributed by atoms with Crippen LogP contribution in [0.5, 0.6) is 0 Å². The summed E-state index contributed by atoms with van der Waals surface area (Å²) in [6.45, 7) is -0.394. The van der Waals surface area contributed by atoms with Crippen molar-refractivity contribution in [1.82, 2.24) is 19.5 Å². The van der Waals surface area contributed by atoms with E-state index in [-0.39, 0.29) is 23.7 Å². The number of fused-ring (bicyclic) bond motifs is 1. The molecular weight excluding hydrogens is 313 g/mol. The van der Waals surface area contributed by atoms with Crippen LogP contribution in [0.15, 0.2) is 11.1 Å². The van der Waals surface area contributed by atoms with Crippen LogP contribution >= 0.6 is 0 Å². The van der Waals surface area contributed by atoms with Gasteiger partial charge in [-0.25, -0.2) is 9.37 Å². The van der Waals surface area contributed by atoms with Gasteiger partial charge in [-0.15, -0.1) is 0 Å². The number of ether oxygens (including phenoxy) is 1. The number of nitrogen functional groups attached to an aromatic ring is 1. The number of hydrogen-bond acceptors (Lipinski definition) is 8. The third-order valence-electron chi connectivity index (χ3n) is 3.54. The van der Waals surface area contributed by atoms with E-state index in [9.17, 15) is 19.4 Å². The van der Waals surface area contributed by atoms with E-state index in [0.717, 1.165) is 14.0 Å². The van der Waals surface area contributed by atoms with Crippen molar-refractivity contribution in [2.75, 3.05) is 19.5 Å². The van der Waals surface area contributed by atoms with Crippen molar-refractivity contribution in [3.8, 4) is 0 Å². The third kappa shape index (κ3) is 3.03. The molecule has 0 fully saturated rings. The molecule has 0 radical (unpaired) electrons. The molecule has 0 saturated heterocycles. The standard InChI is InChI=1S/C12H18FN5O5/c1-11(22,9(21)12(13,4-19)23-2)3-18-5-15-6-7(18)16-10(14)17-8(6)20/h5,9,19,21-22H,3-4H2,1-2H3,(H3,14,16,17,20)/t9-,11-,12+/m0/s1. The fraction of sp³-hybridized carbons (Fsp3) is 0.583. The number of aromatic nitrogens is 4. The molecule has 0 unspecified atom stereocenters. The first kappa shape index (κ1) is 17.3. The molecular formula is C12H18FN5O5. The highest BCUT2D eigenvalue weighted by Gasteiger charge is 2.48. The van der Waals surface area contributed by atoms with Gasteiger partial charge in [0.05, 0.1) is 12.9 Å². The highest BCUT2D eigenvalue weighted by molar-refractivity contribution is 5.70. The summed E-state index contributed by atoms with van der Waals surface area (Å²) in [6, 6.07) is 0. The van der Waals surface area contributed by atoms with Crippen molar-refractivity contribution in [2.24, 2.45) is 0 Å². The van der Waals surface area contributed by atoms with E-state index in [2.05, 4.69) is 19.7 Å². The van der Waals surface area contributed by atoms with Crippen molar-refractivity contribution in [3.05, 3.63) is 16.7 Å². The third-order valence-corrected chi connectivity index (χ3v) is 3.54. The first-order chi connectivity index (χ1) is 10.6. The van der Waals surface area contributed by atoms with Gasteiger partial charge in [0.1, 0.15) is 18.3 Å². The van der Waals surface area contributed by atoms with Gasteiger partial charge in [0.25, 0.3) is 11.4 Å². The largest absolute Gasteiger partial charge is 0.390 e. The molecule has 0 spiro atoms. The normalized spacial score (nSPS) is 18.5. The van der Waals surface area contributed by atoms with Crippen LogP contribution in [-0.2, 0) is 11.3 Å². The summed E-state index contributed by atoms with van der Waals surface area (Å²) in [5.74, 6) is -3.01. The van der Waals surface area contributed by atoms with E-state index < -0.39 is 29.7 Å². The minimum absolute atomic E-state index is 0.0232. The Balaban J connectivity index is 2.39. The molecule has 0 aliphatic rings. The minimum Gasteiger partial charge on any atom is -0.390 e. The van der Waals surface area contributed by atoms with Crippen LogP contribution in [0.1, 0.15) is 6.92 Å². The molecule has 6 N–H and O–H groups in total. The van der Waals surface area contributed by atoms with E-state index in [4.69, 9.17) is 10.8 Å². The first-order valence-corrected chi connectivity index (χ1v) is 6.60. The monoisotopic (exact) mass is 331 g/mol. The quantitative estimate of drug-likeness (QED) is 0.411. The molecule has 23 heavy (non-hydrogen) atoms. The van der Waals surface area contributed by atoms with E-state index in [0.29, 0.717) is 0 Å². The summed E-state index contributed by atoms with van der Waals surface area (Å²) in [6.07, 6.45) is -0.888. The predicted octanol–water partition coefficient (Wildman–Crippen LogP) is -1.88. The van der Waals surface area contributed by atoms with Gasteiger partial charge in [0.15, 0.2) is 11.2 Å². The topological polar surface area (TPSA) is 160 Å². The van der Waals surface area contributed by atoms with E-state index in [1.165, 1.54) is 10.9 Å². The van der Waals surface area contributed by atoms with Gasteiger partial charge in [-0.3, -0.25) is 9.78 Å². The Bertz CT molecular complexity index is 754. The number of aliphatic hydroxyl groups excluding tert-OH is 2. The maximum Gasteiger partial charge on any atom is 0.280 e. The van der Waals surface area contributed by atoms with Crippen LogP contribution in [0.3, 0.4) is 0 Å². The Morgan fingerprint density at radius 3 is 2.83 bits per heavy atom. The molecule has 0 amide bonds. The van der Waals surface area contributed by atoms with Crippen molar-refractivity contribution in [3.63, 3.8) is 0 Å². The number of imidazole rings is 1. The minimum atomic E-state index is -2.86. The number of halogens is 1. The van der Waals surface area contributed by atoms with Gasteiger partial charge < -0.3 is 30.4 Å². The second-order valence-corrected chi connectivity index (χ2v) is 5.40. The number of anilines is 1. The zero-order chi connectivity index (χ0) is 17.4. The second-order valence-electron chi connectivity index (χ2n) is 5.40. The van der Waals surface area contributed by atoms with Gasteiger partial charge in [0.2, 0.25) is 5.95 Å². The highest BCUT2D eigenvalue weighted by atomic mass is 19.2. The molecule has 2 heterocycles. The summed E-state index contributed by atoms with van der Waals surface area (Å²) in [7, 11) is 0.948. The molecule has 3 atom stereocenters. The lowest BCUT2D eigenvalue weighted by molar-refractivity contribution is -0.256. The summed E-state index contributed by atoms with van der Waals surface area (Å²) < 4.78 is 19.9. The fourth-order valence-corrected chi connectivity index (χ4v) is 2.24. The number of H-pyrrole nitrogens is 1. The Hall–Kier alpha value is -2.08.